The number of carbonyl (C=O) groups is 1. The Morgan fingerprint density at radius 1 is 1.32 bits per heavy atom. The monoisotopic (exact) mass is 261 g/mol. The molecule has 1 aromatic carbocycles. The van der Waals surface area contributed by atoms with E-state index in [0.29, 0.717) is 12.6 Å². The maximum Gasteiger partial charge on any atom is 0.238 e. The van der Waals surface area contributed by atoms with Crippen molar-refractivity contribution in [2.75, 3.05) is 6.54 Å². The van der Waals surface area contributed by atoms with Crippen LogP contribution in [0.4, 0.5) is 0 Å². The third-order valence-electron chi connectivity index (χ3n) is 3.49. The molecule has 1 fully saturated rings. The minimum absolute atomic E-state index is 0.0904. The van der Waals surface area contributed by atoms with Gasteiger partial charge in [0, 0.05) is 12.6 Å². The summed E-state index contributed by atoms with van der Waals surface area (Å²) in [6, 6.07) is 10.5. The molecule has 1 heterocycles. The van der Waals surface area contributed by atoms with Gasteiger partial charge in [0.15, 0.2) is 0 Å². The highest BCUT2D eigenvalue weighted by Crippen LogP contribution is 2.10. The summed E-state index contributed by atoms with van der Waals surface area (Å²) < 4.78 is 0. The van der Waals surface area contributed by atoms with Gasteiger partial charge in [-0.15, -0.1) is 0 Å². The van der Waals surface area contributed by atoms with Crippen LogP contribution in [0.25, 0.3) is 0 Å². The molecule has 4 heteroatoms. The molecule has 1 amide bonds. The lowest BCUT2D eigenvalue weighted by atomic mass is 10.1. The molecule has 2 rings (SSSR count). The van der Waals surface area contributed by atoms with E-state index in [1.807, 2.05) is 18.2 Å². The molecule has 0 radical (unpaired) electrons. The minimum atomic E-state index is -0.0904. The van der Waals surface area contributed by atoms with E-state index in [-0.39, 0.29) is 11.9 Å². The second-order valence-corrected chi connectivity index (χ2v) is 5.09. The number of benzene rings is 1. The van der Waals surface area contributed by atoms with Crippen LogP contribution in [-0.4, -0.2) is 24.5 Å². The van der Waals surface area contributed by atoms with Crippen LogP contribution < -0.4 is 16.2 Å². The number of hydrogen-bond donors (Lipinski definition) is 3. The van der Waals surface area contributed by atoms with Gasteiger partial charge >= 0.3 is 0 Å². The van der Waals surface area contributed by atoms with Crippen LogP contribution >= 0.6 is 0 Å². The Kier molecular flexibility index (Phi) is 5.36. The van der Waals surface area contributed by atoms with Crippen LogP contribution in [0.3, 0.4) is 0 Å². The fourth-order valence-corrected chi connectivity index (χ4v) is 2.43. The highest BCUT2D eigenvalue weighted by atomic mass is 16.2. The van der Waals surface area contributed by atoms with Gasteiger partial charge in [-0.05, 0) is 24.8 Å². The topological polar surface area (TPSA) is 53.2 Å². The smallest absolute Gasteiger partial charge is 0.238 e. The van der Waals surface area contributed by atoms with Crippen LogP contribution in [-0.2, 0) is 11.2 Å². The van der Waals surface area contributed by atoms with E-state index in [4.69, 9.17) is 0 Å². The molecule has 1 aromatic rings. The van der Waals surface area contributed by atoms with Crippen LogP contribution in [0.15, 0.2) is 30.3 Å². The molecule has 3 N–H and O–H groups in total. The quantitative estimate of drug-likeness (QED) is 0.725. The number of carbonyl (C=O) groups excluding carboxylic acids is 1. The summed E-state index contributed by atoms with van der Waals surface area (Å²) in [4.78, 5) is 12.0. The van der Waals surface area contributed by atoms with Gasteiger partial charge < -0.3 is 5.32 Å². The molecule has 4 nitrogen and oxygen atoms in total. The molecule has 19 heavy (non-hydrogen) atoms. The van der Waals surface area contributed by atoms with Crippen LogP contribution in [0, 0.1) is 0 Å². The second kappa shape index (κ2) is 7.26. The maximum atomic E-state index is 12.0. The van der Waals surface area contributed by atoms with Crippen molar-refractivity contribution in [2.24, 2.45) is 0 Å². The van der Waals surface area contributed by atoms with E-state index >= 15 is 0 Å². The zero-order chi connectivity index (χ0) is 13.5. The molecular formula is C15H23N3O. The number of hydrogen-bond acceptors (Lipinski definition) is 3. The molecule has 2 atom stereocenters. The van der Waals surface area contributed by atoms with Crippen molar-refractivity contribution in [3.63, 3.8) is 0 Å². The first-order valence-corrected chi connectivity index (χ1v) is 7.12. The molecule has 0 saturated carbocycles. The Balaban J connectivity index is 1.68. The number of amides is 1. The predicted molar refractivity (Wildman–Crippen MR) is 76.5 cm³/mol. The molecular weight excluding hydrogens is 238 g/mol. The Hall–Kier alpha value is -1.39. The summed E-state index contributed by atoms with van der Waals surface area (Å²) in [5.41, 5.74) is 7.52. The van der Waals surface area contributed by atoms with Gasteiger partial charge in [-0.25, -0.2) is 5.43 Å². The summed E-state index contributed by atoms with van der Waals surface area (Å²) in [6.45, 7) is 2.86. The Morgan fingerprint density at radius 3 is 2.84 bits per heavy atom. The van der Waals surface area contributed by atoms with Gasteiger partial charge in [-0.2, -0.15) is 0 Å². The fraction of sp³-hybridized carbons (Fsp3) is 0.533. The first-order valence-electron chi connectivity index (χ1n) is 7.12. The van der Waals surface area contributed by atoms with Crippen molar-refractivity contribution in [1.29, 1.82) is 0 Å². The van der Waals surface area contributed by atoms with Crippen molar-refractivity contribution in [2.45, 2.75) is 44.7 Å². The summed E-state index contributed by atoms with van der Waals surface area (Å²) in [5, 5.41) is 2.99. The van der Waals surface area contributed by atoms with Crippen LogP contribution in [0.1, 0.15) is 31.7 Å². The van der Waals surface area contributed by atoms with Gasteiger partial charge in [0.05, 0.1) is 0 Å². The number of nitrogens with one attached hydrogen (secondary N) is 3. The van der Waals surface area contributed by atoms with E-state index < -0.39 is 0 Å². The van der Waals surface area contributed by atoms with E-state index in [2.05, 4.69) is 35.2 Å². The lowest BCUT2D eigenvalue weighted by molar-refractivity contribution is -0.122. The van der Waals surface area contributed by atoms with Crippen molar-refractivity contribution < 1.29 is 4.79 Å². The van der Waals surface area contributed by atoms with Gasteiger partial charge in [-0.3, -0.25) is 10.2 Å². The van der Waals surface area contributed by atoms with Crippen molar-refractivity contribution in [3.8, 4) is 0 Å². The third kappa shape index (κ3) is 4.33. The number of hydrazine groups is 1. The minimum Gasteiger partial charge on any atom is -0.354 e. The lowest BCUT2D eigenvalue weighted by Gasteiger charge is -2.10. The molecule has 0 bridgehead atoms. The largest absolute Gasteiger partial charge is 0.354 e. The molecule has 104 valence electrons. The zero-order valence-electron chi connectivity index (χ0n) is 11.5. The average Bonchev–Trinajstić information content (AvgIpc) is 2.89. The van der Waals surface area contributed by atoms with E-state index in [1.165, 1.54) is 5.56 Å². The highest BCUT2D eigenvalue weighted by molar-refractivity contribution is 5.82. The Morgan fingerprint density at radius 2 is 2.11 bits per heavy atom. The van der Waals surface area contributed by atoms with Crippen LogP contribution in [0.2, 0.25) is 0 Å². The van der Waals surface area contributed by atoms with Crippen molar-refractivity contribution >= 4 is 5.91 Å². The average molecular weight is 261 g/mol. The van der Waals surface area contributed by atoms with E-state index in [9.17, 15) is 4.79 Å². The van der Waals surface area contributed by atoms with Crippen molar-refractivity contribution in [1.82, 2.24) is 16.2 Å². The molecule has 2 unspecified atom stereocenters. The molecule has 1 aliphatic heterocycles. The summed E-state index contributed by atoms with van der Waals surface area (Å²) in [6.07, 6.45) is 4.01. The molecule has 0 aromatic heterocycles. The normalized spacial score (nSPS) is 22.4. The summed E-state index contributed by atoms with van der Waals surface area (Å²) >= 11 is 0. The fourth-order valence-electron chi connectivity index (χ4n) is 2.43. The number of rotatable bonds is 6. The molecule has 0 aliphatic carbocycles. The summed E-state index contributed by atoms with van der Waals surface area (Å²) in [7, 11) is 0. The maximum absolute atomic E-state index is 12.0. The highest BCUT2D eigenvalue weighted by Gasteiger charge is 2.28. The molecule has 1 saturated heterocycles. The molecule has 1 aliphatic rings. The van der Waals surface area contributed by atoms with Gasteiger partial charge in [0.25, 0.3) is 0 Å². The van der Waals surface area contributed by atoms with Crippen LogP contribution in [0.5, 0.6) is 0 Å². The first-order chi connectivity index (χ1) is 9.29. The Bertz CT molecular complexity index is 394. The summed E-state index contributed by atoms with van der Waals surface area (Å²) in [5.74, 6) is 0.0991. The zero-order valence-corrected chi connectivity index (χ0v) is 11.5. The SMILES string of the molecule is CCCC1CC(C(=O)NCCc2ccccc2)NN1. The lowest BCUT2D eigenvalue weighted by Crippen LogP contribution is -2.43. The Labute approximate surface area is 114 Å². The standard InChI is InChI=1S/C15H23N3O/c1-2-6-13-11-14(18-17-13)15(19)16-10-9-12-7-4-3-5-8-12/h3-5,7-8,13-14,17-18H,2,6,9-11H2,1H3,(H,16,19). The second-order valence-electron chi connectivity index (χ2n) is 5.09. The molecule has 0 spiro atoms. The van der Waals surface area contributed by atoms with Gasteiger partial charge in [-0.1, -0.05) is 43.7 Å². The third-order valence-corrected chi connectivity index (χ3v) is 3.49. The van der Waals surface area contributed by atoms with Crippen molar-refractivity contribution in [3.05, 3.63) is 35.9 Å². The van der Waals surface area contributed by atoms with Gasteiger partial charge in [0.2, 0.25) is 5.91 Å². The van der Waals surface area contributed by atoms with E-state index in [0.717, 1.165) is 25.7 Å². The first kappa shape index (κ1) is 14.0. The van der Waals surface area contributed by atoms with Gasteiger partial charge in [0.1, 0.15) is 6.04 Å². The predicted octanol–water partition coefficient (Wildman–Crippen LogP) is 1.38. The van der Waals surface area contributed by atoms with E-state index in [1.54, 1.807) is 0 Å².